The summed E-state index contributed by atoms with van der Waals surface area (Å²) in [5.41, 5.74) is -0.678. The van der Waals surface area contributed by atoms with E-state index in [1.165, 1.54) is 13.2 Å². The summed E-state index contributed by atoms with van der Waals surface area (Å²) in [6, 6.07) is 3.16. The number of carboxylic acid groups (broad SMARTS) is 1. The lowest BCUT2D eigenvalue weighted by Gasteiger charge is -2.12. The van der Waals surface area contributed by atoms with Crippen LogP contribution in [0.3, 0.4) is 0 Å². The summed E-state index contributed by atoms with van der Waals surface area (Å²) < 4.78 is 42.4. The van der Waals surface area contributed by atoms with Crippen molar-refractivity contribution in [2.24, 2.45) is 0 Å². The molecule has 0 spiro atoms. The van der Waals surface area contributed by atoms with Crippen LogP contribution in [0.4, 0.5) is 18.9 Å². The number of aliphatic carboxylic acids is 1. The van der Waals surface area contributed by atoms with Crippen molar-refractivity contribution < 1.29 is 27.8 Å². The second-order valence-electron chi connectivity index (χ2n) is 3.52. The predicted molar refractivity (Wildman–Crippen MR) is 58.7 cm³/mol. The maximum absolute atomic E-state index is 12.6. The van der Waals surface area contributed by atoms with Gasteiger partial charge in [-0.25, -0.2) is 0 Å². The third-order valence-electron chi connectivity index (χ3n) is 2.14. The number of halogens is 3. The molecule has 1 aromatic carbocycles. The maximum atomic E-state index is 12.6. The van der Waals surface area contributed by atoms with E-state index in [1.807, 2.05) is 0 Å². The highest BCUT2D eigenvalue weighted by Gasteiger charge is 2.31. The Hall–Kier alpha value is -1.92. The SMILES string of the molecule is COc1cc(NCCC(=O)O)cc(C(F)(F)F)c1. The van der Waals surface area contributed by atoms with Crippen molar-refractivity contribution in [3.63, 3.8) is 0 Å². The Morgan fingerprint density at radius 2 is 2.06 bits per heavy atom. The zero-order valence-corrected chi connectivity index (χ0v) is 9.54. The van der Waals surface area contributed by atoms with E-state index in [-0.39, 0.29) is 24.4 Å². The fourth-order valence-corrected chi connectivity index (χ4v) is 1.30. The van der Waals surface area contributed by atoms with Crippen LogP contribution in [0.2, 0.25) is 0 Å². The first-order valence-corrected chi connectivity index (χ1v) is 5.05. The molecule has 0 fully saturated rings. The maximum Gasteiger partial charge on any atom is 0.416 e. The van der Waals surface area contributed by atoms with Crippen molar-refractivity contribution in [1.82, 2.24) is 0 Å². The average Bonchev–Trinajstić information content (AvgIpc) is 2.27. The van der Waals surface area contributed by atoms with Gasteiger partial charge in [0.1, 0.15) is 5.75 Å². The minimum absolute atomic E-state index is 0.0415. The van der Waals surface area contributed by atoms with Crippen molar-refractivity contribution in [2.45, 2.75) is 12.6 Å². The molecule has 0 unspecified atom stereocenters. The summed E-state index contributed by atoms with van der Waals surface area (Å²) >= 11 is 0. The van der Waals surface area contributed by atoms with Gasteiger partial charge in [0.25, 0.3) is 0 Å². The van der Waals surface area contributed by atoms with Crippen LogP contribution in [0.15, 0.2) is 18.2 Å². The van der Waals surface area contributed by atoms with Crippen molar-refractivity contribution in [3.8, 4) is 5.75 Å². The highest BCUT2D eigenvalue weighted by Crippen LogP contribution is 2.34. The number of hydrogen-bond acceptors (Lipinski definition) is 3. The van der Waals surface area contributed by atoms with Gasteiger partial charge in [-0.3, -0.25) is 4.79 Å². The predicted octanol–water partition coefficient (Wildman–Crippen LogP) is 2.60. The van der Waals surface area contributed by atoms with Crippen LogP contribution in [0, 0.1) is 0 Å². The zero-order chi connectivity index (χ0) is 13.8. The molecule has 0 heterocycles. The van der Waals surface area contributed by atoms with Crippen LogP contribution in [0.5, 0.6) is 5.75 Å². The minimum Gasteiger partial charge on any atom is -0.497 e. The van der Waals surface area contributed by atoms with Crippen molar-refractivity contribution in [2.75, 3.05) is 19.0 Å². The molecule has 0 amide bonds. The molecule has 0 radical (unpaired) electrons. The second kappa shape index (κ2) is 5.61. The smallest absolute Gasteiger partial charge is 0.416 e. The molecule has 4 nitrogen and oxygen atoms in total. The Morgan fingerprint density at radius 3 is 2.56 bits per heavy atom. The number of alkyl halides is 3. The Kier molecular flexibility index (Phi) is 4.41. The van der Waals surface area contributed by atoms with Crippen molar-refractivity contribution >= 4 is 11.7 Å². The Labute approximate surface area is 101 Å². The molecule has 0 saturated carbocycles. The summed E-state index contributed by atoms with van der Waals surface area (Å²) in [5.74, 6) is -0.968. The molecule has 1 rings (SSSR count). The fraction of sp³-hybridized carbons (Fsp3) is 0.364. The fourth-order valence-electron chi connectivity index (χ4n) is 1.30. The Bertz CT molecular complexity index is 432. The van der Waals surface area contributed by atoms with Gasteiger partial charge < -0.3 is 15.2 Å². The first-order valence-electron chi connectivity index (χ1n) is 5.05. The van der Waals surface area contributed by atoms with Gasteiger partial charge in [0.05, 0.1) is 19.1 Å². The summed E-state index contributed by atoms with van der Waals surface area (Å²) in [5, 5.41) is 11.0. The zero-order valence-electron chi connectivity index (χ0n) is 9.54. The molecule has 7 heteroatoms. The summed E-state index contributed by atoms with van der Waals surface area (Å²) in [7, 11) is 1.26. The van der Waals surface area contributed by atoms with Gasteiger partial charge in [-0.05, 0) is 12.1 Å². The highest BCUT2D eigenvalue weighted by atomic mass is 19.4. The van der Waals surface area contributed by atoms with Gasteiger partial charge in [0.2, 0.25) is 0 Å². The summed E-state index contributed by atoms with van der Waals surface area (Å²) in [4.78, 5) is 10.3. The van der Waals surface area contributed by atoms with Gasteiger partial charge in [0.15, 0.2) is 0 Å². The van der Waals surface area contributed by atoms with E-state index in [0.717, 1.165) is 12.1 Å². The summed E-state index contributed by atoms with van der Waals surface area (Å²) in [6.45, 7) is 0.0415. The van der Waals surface area contributed by atoms with E-state index in [0.29, 0.717) is 0 Å². The number of methoxy groups -OCH3 is 1. The quantitative estimate of drug-likeness (QED) is 0.857. The first-order chi connectivity index (χ1) is 8.32. The number of carbonyl (C=O) groups is 1. The monoisotopic (exact) mass is 263 g/mol. The second-order valence-corrected chi connectivity index (χ2v) is 3.52. The molecular weight excluding hydrogens is 251 g/mol. The molecule has 0 atom stereocenters. The molecule has 100 valence electrons. The van der Waals surface area contributed by atoms with Gasteiger partial charge >= 0.3 is 12.1 Å². The van der Waals surface area contributed by atoms with E-state index in [4.69, 9.17) is 9.84 Å². The lowest BCUT2D eigenvalue weighted by molar-refractivity contribution is -0.138. The number of hydrogen-bond donors (Lipinski definition) is 2. The van der Waals surface area contributed by atoms with Gasteiger partial charge in [0, 0.05) is 18.3 Å². The number of ether oxygens (including phenoxy) is 1. The lowest BCUT2D eigenvalue weighted by atomic mass is 10.1. The van der Waals surface area contributed by atoms with E-state index < -0.39 is 17.7 Å². The van der Waals surface area contributed by atoms with Crippen molar-refractivity contribution in [3.05, 3.63) is 23.8 Å². The van der Waals surface area contributed by atoms with Crippen LogP contribution >= 0.6 is 0 Å². The van der Waals surface area contributed by atoms with Crippen LogP contribution in [0.1, 0.15) is 12.0 Å². The highest BCUT2D eigenvalue weighted by molar-refractivity contribution is 5.67. The van der Waals surface area contributed by atoms with Crippen LogP contribution < -0.4 is 10.1 Å². The third-order valence-corrected chi connectivity index (χ3v) is 2.14. The normalized spacial score (nSPS) is 11.1. The molecule has 0 aliphatic heterocycles. The lowest BCUT2D eigenvalue weighted by Crippen LogP contribution is -2.10. The third kappa shape index (κ3) is 4.15. The van der Waals surface area contributed by atoms with Crippen LogP contribution in [0.25, 0.3) is 0 Å². The molecule has 1 aromatic rings. The number of benzene rings is 1. The number of rotatable bonds is 5. The number of carboxylic acids is 1. The molecule has 0 aliphatic rings. The number of nitrogens with one attached hydrogen (secondary N) is 1. The molecule has 0 bridgehead atoms. The molecule has 2 N–H and O–H groups in total. The Morgan fingerprint density at radius 1 is 1.39 bits per heavy atom. The minimum atomic E-state index is -4.47. The van der Waals surface area contributed by atoms with E-state index in [2.05, 4.69) is 5.32 Å². The molecule has 0 aromatic heterocycles. The molecule has 0 saturated heterocycles. The number of anilines is 1. The average molecular weight is 263 g/mol. The van der Waals surface area contributed by atoms with E-state index in [1.54, 1.807) is 0 Å². The van der Waals surface area contributed by atoms with Gasteiger partial charge in [-0.2, -0.15) is 13.2 Å². The van der Waals surface area contributed by atoms with Gasteiger partial charge in [-0.15, -0.1) is 0 Å². The topological polar surface area (TPSA) is 58.6 Å². The van der Waals surface area contributed by atoms with Crippen molar-refractivity contribution in [1.29, 1.82) is 0 Å². The summed E-state index contributed by atoms with van der Waals surface area (Å²) in [6.07, 6.45) is -4.66. The molecule has 0 aliphatic carbocycles. The first kappa shape index (κ1) is 14.1. The van der Waals surface area contributed by atoms with Crippen LogP contribution in [-0.2, 0) is 11.0 Å². The van der Waals surface area contributed by atoms with E-state index in [9.17, 15) is 18.0 Å². The Balaban J connectivity index is 2.87. The van der Waals surface area contributed by atoms with E-state index >= 15 is 0 Å². The molecular formula is C11H12F3NO3. The largest absolute Gasteiger partial charge is 0.497 e. The van der Waals surface area contributed by atoms with Crippen LogP contribution in [-0.4, -0.2) is 24.7 Å². The standard InChI is InChI=1S/C11H12F3NO3/c1-18-9-5-7(11(12,13)14)4-8(6-9)15-3-2-10(16)17/h4-6,15H,2-3H2,1H3,(H,16,17). The van der Waals surface area contributed by atoms with Gasteiger partial charge in [-0.1, -0.05) is 0 Å². The molecule has 18 heavy (non-hydrogen) atoms.